The molecule has 7 heteroatoms. The zero-order valence-corrected chi connectivity index (χ0v) is 13.4. The first kappa shape index (κ1) is 15.7. The lowest BCUT2D eigenvalue weighted by Gasteiger charge is -2.36. The highest BCUT2D eigenvalue weighted by molar-refractivity contribution is 7.87. The van der Waals surface area contributed by atoms with E-state index in [0.717, 1.165) is 45.3 Å². The molecule has 2 unspecified atom stereocenters. The Kier molecular flexibility index (Phi) is 5.16. The Balaban J connectivity index is 1.59. The van der Waals surface area contributed by atoms with Gasteiger partial charge in [-0.1, -0.05) is 6.42 Å². The highest BCUT2D eigenvalue weighted by Gasteiger charge is 2.34. The molecule has 0 aromatic heterocycles. The summed E-state index contributed by atoms with van der Waals surface area (Å²) in [5.41, 5.74) is 0. The molecule has 0 radical (unpaired) electrons. The third-order valence-electron chi connectivity index (χ3n) is 4.58. The average molecular weight is 317 g/mol. The molecule has 2 saturated heterocycles. The molecule has 2 aliphatic heterocycles. The Morgan fingerprint density at radius 2 is 1.90 bits per heavy atom. The molecule has 2 atom stereocenters. The zero-order valence-electron chi connectivity index (χ0n) is 12.6. The molecule has 0 amide bonds. The van der Waals surface area contributed by atoms with Crippen LogP contribution in [0.2, 0.25) is 0 Å². The molecule has 3 fully saturated rings. The number of hydrogen-bond donors (Lipinski definition) is 2. The summed E-state index contributed by atoms with van der Waals surface area (Å²) in [4.78, 5) is 0. The quantitative estimate of drug-likeness (QED) is 0.753. The molecular weight excluding hydrogens is 290 g/mol. The van der Waals surface area contributed by atoms with Crippen molar-refractivity contribution in [2.45, 2.75) is 63.1 Å². The average Bonchev–Trinajstić information content (AvgIpc) is 3.30. The van der Waals surface area contributed by atoms with Crippen molar-refractivity contribution < 1.29 is 13.2 Å². The van der Waals surface area contributed by atoms with E-state index < -0.39 is 10.2 Å². The second kappa shape index (κ2) is 6.91. The molecule has 2 N–H and O–H groups in total. The standard InChI is InChI=1S/C14H27N3O3S/c18-21(19,16-13-4-3-9-20-11-13)17-8-2-1-5-14(17)10-15-12-6-7-12/h12-16H,1-11H2. The second-order valence-electron chi connectivity index (χ2n) is 6.48. The second-order valence-corrected chi connectivity index (χ2v) is 8.13. The van der Waals surface area contributed by atoms with Crippen LogP contribution in [0.3, 0.4) is 0 Å². The van der Waals surface area contributed by atoms with Crippen LogP contribution in [0, 0.1) is 0 Å². The third-order valence-corrected chi connectivity index (χ3v) is 6.31. The minimum absolute atomic E-state index is 0.0669. The van der Waals surface area contributed by atoms with Crippen molar-refractivity contribution in [3.05, 3.63) is 0 Å². The molecule has 122 valence electrons. The summed E-state index contributed by atoms with van der Waals surface area (Å²) >= 11 is 0. The van der Waals surface area contributed by atoms with Crippen molar-refractivity contribution in [1.29, 1.82) is 0 Å². The van der Waals surface area contributed by atoms with Crippen LogP contribution in [0.4, 0.5) is 0 Å². The van der Waals surface area contributed by atoms with E-state index in [1.165, 1.54) is 12.8 Å². The molecule has 0 spiro atoms. The molecule has 3 rings (SSSR count). The first-order chi connectivity index (χ1) is 10.1. The Bertz CT molecular complexity index is 433. The maximum absolute atomic E-state index is 12.7. The molecule has 1 aliphatic carbocycles. The number of piperidine rings is 1. The maximum atomic E-state index is 12.7. The molecular formula is C14H27N3O3S. The van der Waals surface area contributed by atoms with Crippen molar-refractivity contribution in [3.63, 3.8) is 0 Å². The molecule has 0 aromatic carbocycles. The van der Waals surface area contributed by atoms with Gasteiger partial charge in [0.15, 0.2) is 0 Å². The Morgan fingerprint density at radius 3 is 2.62 bits per heavy atom. The lowest BCUT2D eigenvalue weighted by Crippen LogP contribution is -2.55. The number of ether oxygens (including phenoxy) is 1. The van der Waals surface area contributed by atoms with Crippen LogP contribution in [-0.2, 0) is 14.9 Å². The lowest BCUT2D eigenvalue weighted by molar-refractivity contribution is 0.0764. The van der Waals surface area contributed by atoms with Crippen LogP contribution in [0.1, 0.15) is 44.9 Å². The summed E-state index contributed by atoms with van der Waals surface area (Å²) in [7, 11) is -3.40. The van der Waals surface area contributed by atoms with Gasteiger partial charge in [0.1, 0.15) is 0 Å². The van der Waals surface area contributed by atoms with Crippen LogP contribution in [0.15, 0.2) is 0 Å². The van der Waals surface area contributed by atoms with Gasteiger partial charge in [-0.25, -0.2) is 0 Å². The Morgan fingerprint density at radius 1 is 1.05 bits per heavy atom. The van der Waals surface area contributed by atoms with Crippen molar-refractivity contribution in [1.82, 2.24) is 14.3 Å². The van der Waals surface area contributed by atoms with E-state index in [1.807, 2.05) is 0 Å². The zero-order chi connectivity index (χ0) is 14.7. The summed E-state index contributed by atoms with van der Waals surface area (Å²) in [5.74, 6) is 0. The van der Waals surface area contributed by atoms with Crippen LogP contribution in [-0.4, -0.2) is 57.2 Å². The summed E-state index contributed by atoms with van der Waals surface area (Å²) in [6, 6.07) is 0.653. The van der Waals surface area contributed by atoms with Crippen LogP contribution in [0.5, 0.6) is 0 Å². The predicted octanol–water partition coefficient (Wildman–Crippen LogP) is 0.606. The number of hydrogen-bond acceptors (Lipinski definition) is 4. The van der Waals surface area contributed by atoms with E-state index >= 15 is 0 Å². The monoisotopic (exact) mass is 317 g/mol. The van der Waals surface area contributed by atoms with Gasteiger partial charge in [-0.2, -0.15) is 17.4 Å². The lowest BCUT2D eigenvalue weighted by atomic mass is 10.1. The van der Waals surface area contributed by atoms with E-state index in [4.69, 9.17) is 4.74 Å². The van der Waals surface area contributed by atoms with E-state index in [1.54, 1.807) is 4.31 Å². The van der Waals surface area contributed by atoms with Gasteiger partial charge in [0, 0.05) is 37.8 Å². The van der Waals surface area contributed by atoms with Gasteiger partial charge in [-0.15, -0.1) is 0 Å². The highest BCUT2D eigenvalue weighted by Crippen LogP contribution is 2.23. The maximum Gasteiger partial charge on any atom is 0.280 e. The van der Waals surface area contributed by atoms with Crippen molar-refractivity contribution in [2.75, 3.05) is 26.3 Å². The smallest absolute Gasteiger partial charge is 0.280 e. The van der Waals surface area contributed by atoms with Crippen molar-refractivity contribution >= 4 is 10.2 Å². The number of nitrogens with zero attached hydrogens (tertiary/aromatic N) is 1. The predicted molar refractivity (Wildman–Crippen MR) is 81.3 cm³/mol. The molecule has 1 saturated carbocycles. The van der Waals surface area contributed by atoms with Gasteiger partial charge in [-0.3, -0.25) is 0 Å². The van der Waals surface area contributed by atoms with Gasteiger partial charge in [-0.05, 0) is 38.5 Å². The fraction of sp³-hybridized carbons (Fsp3) is 1.00. The van der Waals surface area contributed by atoms with Crippen LogP contribution in [0.25, 0.3) is 0 Å². The molecule has 0 bridgehead atoms. The van der Waals surface area contributed by atoms with Gasteiger partial charge in [0.05, 0.1) is 6.61 Å². The van der Waals surface area contributed by atoms with Crippen LogP contribution >= 0.6 is 0 Å². The summed E-state index contributed by atoms with van der Waals surface area (Å²) in [6.07, 6.45) is 7.31. The van der Waals surface area contributed by atoms with Crippen molar-refractivity contribution in [3.8, 4) is 0 Å². The number of rotatable bonds is 6. The minimum atomic E-state index is -3.40. The minimum Gasteiger partial charge on any atom is -0.380 e. The largest absolute Gasteiger partial charge is 0.380 e. The van der Waals surface area contributed by atoms with E-state index in [2.05, 4.69) is 10.0 Å². The van der Waals surface area contributed by atoms with Crippen molar-refractivity contribution in [2.24, 2.45) is 0 Å². The van der Waals surface area contributed by atoms with Gasteiger partial charge >= 0.3 is 0 Å². The first-order valence-corrected chi connectivity index (χ1v) is 9.69. The first-order valence-electron chi connectivity index (χ1n) is 8.25. The number of nitrogens with one attached hydrogen (secondary N) is 2. The molecule has 2 heterocycles. The fourth-order valence-corrected chi connectivity index (χ4v) is 4.88. The molecule has 21 heavy (non-hydrogen) atoms. The summed E-state index contributed by atoms with van der Waals surface area (Å²) in [5, 5.41) is 3.47. The normalized spacial score (nSPS) is 32.2. The molecule has 3 aliphatic rings. The molecule has 6 nitrogen and oxygen atoms in total. The SMILES string of the molecule is O=S(=O)(NC1CCCOC1)N1CCCCC1CNC1CC1. The summed E-state index contributed by atoms with van der Waals surface area (Å²) < 4.78 is 35.2. The Labute approximate surface area is 127 Å². The van der Waals surface area contributed by atoms with Crippen LogP contribution < -0.4 is 10.0 Å². The van der Waals surface area contributed by atoms with Gasteiger partial charge in [0.25, 0.3) is 10.2 Å². The Hall–Kier alpha value is -0.210. The topological polar surface area (TPSA) is 70.7 Å². The molecule has 0 aromatic rings. The third kappa shape index (κ3) is 4.39. The fourth-order valence-electron chi connectivity index (χ4n) is 3.20. The van der Waals surface area contributed by atoms with E-state index in [-0.39, 0.29) is 12.1 Å². The van der Waals surface area contributed by atoms with Gasteiger partial charge < -0.3 is 10.1 Å². The highest BCUT2D eigenvalue weighted by atomic mass is 32.2. The van der Waals surface area contributed by atoms with E-state index in [0.29, 0.717) is 19.2 Å². The summed E-state index contributed by atoms with van der Waals surface area (Å²) in [6.45, 7) is 2.67. The van der Waals surface area contributed by atoms with E-state index in [9.17, 15) is 8.42 Å². The van der Waals surface area contributed by atoms with Gasteiger partial charge in [0.2, 0.25) is 0 Å².